The molecule has 8 heteroatoms. The number of hydrogen-bond acceptors (Lipinski definition) is 4. The van der Waals surface area contributed by atoms with Crippen molar-refractivity contribution < 1.29 is 24.2 Å². The van der Waals surface area contributed by atoms with Gasteiger partial charge in [0.05, 0.1) is 11.6 Å². The molecule has 2 heterocycles. The van der Waals surface area contributed by atoms with Gasteiger partial charge >= 0.3 is 5.97 Å². The van der Waals surface area contributed by atoms with Crippen LogP contribution in [0.2, 0.25) is 5.02 Å². The average molecular weight is 581 g/mol. The van der Waals surface area contributed by atoms with Crippen LogP contribution in [0.25, 0.3) is 22.0 Å². The van der Waals surface area contributed by atoms with Gasteiger partial charge in [0.2, 0.25) is 6.79 Å². The number of carboxylic acids is 1. The zero-order valence-electron chi connectivity index (χ0n) is 23.4. The highest BCUT2D eigenvalue weighted by Crippen LogP contribution is 2.42. The Morgan fingerprint density at radius 3 is 2.52 bits per heavy atom. The maximum Gasteiger partial charge on any atom is 0.336 e. The molecule has 0 bridgehead atoms. The summed E-state index contributed by atoms with van der Waals surface area (Å²) in [5.74, 6) is 0.0228. The molecule has 0 fully saturated rings. The van der Waals surface area contributed by atoms with E-state index < -0.39 is 12.0 Å². The summed E-state index contributed by atoms with van der Waals surface area (Å²) in [6.45, 7) is 6.78. The largest absolute Gasteiger partial charge is 0.478 e. The van der Waals surface area contributed by atoms with Gasteiger partial charge < -0.3 is 24.5 Å². The molecule has 4 aromatic carbocycles. The molecule has 6 rings (SSSR count). The highest BCUT2D eigenvalue weighted by molar-refractivity contribution is 6.31. The smallest absolute Gasteiger partial charge is 0.336 e. The predicted molar refractivity (Wildman–Crippen MR) is 163 cm³/mol. The quantitative estimate of drug-likeness (QED) is 0.207. The first-order valence-electron chi connectivity index (χ1n) is 13.6. The van der Waals surface area contributed by atoms with Crippen molar-refractivity contribution in [2.75, 3.05) is 6.79 Å². The molecule has 212 valence electrons. The Morgan fingerprint density at radius 1 is 1.00 bits per heavy atom. The number of fused-ring (bicyclic) bond motifs is 2. The molecule has 0 saturated heterocycles. The van der Waals surface area contributed by atoms with E-state index >= 15 is 0 Å². The van der Waals surface area contributed by atoms with Gasteiger partial charge in [-0.3, -0.25) is 4.79 Å². The zero-order chi connectivity index (χ0) is 29.5. The number of benzene rings is 4. The molecule has 0 aliphatic carbocycles. The van der Waals surface area contributed by atoms with Gasteiger partial charge in [-0.15, -0.1) is 0 Å². The van der Waals surface area contributed by atoms with Crippen LogP contribution in [0.5, 0.6) is 11.5 Å². The Hall–Kier alpha value is -4.75. The molecule has 0 unspecified atom stereocenters. The number of nitrogens with one attached hydrogen (secondary N) is 1. The van der Waals surface area contributed by atoms with Crippen LogP contribution < -0.4 is 14.8 Å². The Kier molecular flexibility index (Phi) is 7.12. The first kappa shape index (κ1) is 27.4. The number of ether oxygens (including phenoxy) is 2. The van der Waals surface area contributed by atoms with Crippen LogP contribution in [0.1, 0.15) is 56.1 Å². The summed E-state index contributed by atoms with van der Waals surface area (Å²) in [7, 11) is 0. The molecular weight excluding hydrogens is 552 g/mol. The fraction of sp³-hybridized carbons (Fsp3) is 0.176. The molecule has 0 radical (unpaired) electrons. The Balaban J connectivity index is 1.24. The van der Waals surface area contributed by atoms with E-state index in [9.17, 15) is 14.7 Å². The van der Waals surface area contributed by atoms with Crippen molar-refractivity contribution in [1.29, 1.82) is 0 Å². The molecule has 1 aliphatic heterocycles. The van der Waals surface area contributed by atoms with Gasteiger partial charge in [-0.1, -0.05) is 54.1 Å². The van der Waals surface area contributed by atoms with E-state index in [1.807, 2.05) is 61.5 Å². The van der Waals surface area contributed by atoms with Crippen LogP contribution in [-0.2, 0) is 6.54 Å². The minimum absolute atomic E-state index is 0.123. The number of aromatic carboxylic acids is 1. The third-order valence-electron chi connectivity index (χ3n) is 7.97. The lowest BCUT2D eigenvalue weighted by atomic mass is 9.99. The van der Waals surface area contributed by atoms with Gasteiger partial charge in [0.15, 0.2) is 11.5 Å². The standard InChI is InChI=1S/C34H29ClN2O5/c1-19-21(3)37(17-22-8-10-23(11-9-22)25-6-4-5-7-26(25)34(39)40)29-14-12-24(16-27(19)29)33(38)36-20(2)31-28(35)13-15-30-32(31)42-18-41-30/h4-16,20H,17-18H2,1-3H3,(H,36,38)(H,39,40)/t20-/m0/s1. The lowest BCUT2D eigenvalue weighted by Crippen LogP contribution is -2.27. The summed E-state index contributed by atoms with van der Waals surface area (Å²) in [5, 5.41) is 14.1. The number of aryl methyl sites for hydroxylation is 1. The molecule has 1 amide bonds. The van der Waals surface area contributed by atoms with Crippen molar-refractivity contribution in [1.82, 2.24) is 9.88 Å². The lowest BCUT2D eigenvalue weighted by molar-refractivity contribution is 0.0697. The van der Waals surface area contributed by atoms with Gasteiger partial charge in [0, 0.05) is 39.3 Å². The molecular formula is C34H29ClN2O5. The van der Waals surface area contributed by atoms with Gasteiger partial charge in [0.25, 0.3) is 5.91 Å². The highest BCUT2D eigenvalue weighted by Gasteiger charge is 2.25. The van der Waals surface area contributed by atoms with E-state index in [1.165, 1.54) is 0 Å². The van der Waals surface area contributed by atoms with E-state index in [0.717, 1.165) is 33.3 Å². The normalized spacial score (nSPS) is 12.9. The summed E-state index contributed by atoms with van der Waals surface area (Å²) in [6.07, 6.45) is 0. The summed E-state index contributed by atoms with van der Waals surface area (Å²) in [5.41, 5.74) is 7.40. The predicted octanol–water partition coefficient (Wildman–Crippen LogP) is 7.54. The second-order valence-corrected chi connectivity index (χ2v) is 10.9. The van der Waals surface area contributed by atoms with Gasteiger partial charge in [-0.05, 0) is 79.4 Å². The monoisotopic (exact) mass is 580 g/mol. The van der Waals surface area contributed by atoms with Gasteiger partial charge in [-0.25, -0.2) is 4.79 Å². The molecule has 2 N–H and O–H groups in total. The maximum atomic E-state index is 13.3. The molecule has 5 aromatic rings. The number of carbonyl (C=O) groups is 2. The first-order valence-corrected chi connectivity index (χ1v) is 14.0. The highest BCUT2D eigenvalue weighted by atomic mass is 35.5. The van der Waals surface area contributed by atoms with E-state index in [0.29, 0.717) is 39.8 Å². The van der Waals surface area contributed by atoms with Crippen LogP contribution in [-0.4, -0.2) is 28.3 Å². The van der Waals surface area contributed by atoms with Crippen molar-refractivity contribution in [3.05, 3.63) is 117 Å². The number of halogens is 1. The Morgan fingerprint density at radius 2 is 1.76 bits per heavy atom. The van der Waals surface area contributed by atoms with Crippen molar-refractivity contribution in [3.63, 3.8) is 0 Å². The maximum absolute atomic E-state index is 13.3. The van der Waals surface area contributed by atoms with E-state index in [-0.39, 0.29) is 18.3 Å². The topological polar surface area (TPSA) is 89.8 Å². The number of carboxylic acid groups (broad SMARTS) is 1. The summed E-state index contributed by atoms with van der Waals surface area (Å²) < 4.78 is 13.3. The van der Waals surface area contributed by atoms with Gasteiger partial charge in [0.1, 0.15) is 0 Å². The number of carbonyl (C=O) groups excluding carboxylic acids is 1. The number of hydrogen-bond donors (Lipinski definition) is 2. The third-order valence-corrected chi connectivity index (χ3v) is 8.30. The van der Waals surface area contributed by atoms with E-state index in [4.69, 9.17) is 21.1 Å². The Bertz CT molecular complexity index is 1860. The van der Waals surface area contributed by atoms with Crippen LogP contribution >= 0.6 is 11.6 Å². The summed E-state index contributed by atoms with van der Waals surface area (Å²) in [6, 6.07) is 23.8. The molecule has 1 aliphatic rings. The molecule has 0 spiro atoms. The molecule has 7 nitrogen and oxygen atoms in total. The minimum Gasteiger partial charge on any atom is -0.478 e. The second kappa shape index (κ2) is 10.9. The summed E-state index contributed by atoms with van der Waals surface area (Å²) >= 11 is 6.46. The fourth-order valence-electron chi connectivity index (χ4n) is 5.61. The lowest BCUT2D eigenvalue weighted by Gasteiger charge is -2.18. The zero-order valence-corrected chi connectivity index (χ0v) is 24.2. The van der Waals surface area contributed by atoms with Crippen molar-refractivity contribution >= 4 is 34.4 Å². The fourth-order valence-corrected chi connectivity index (χ4v) is 5.93. The average Bonchev–Trinajstić information content (AvgIpc) is 3.56. The minimum atomic E-state index is -0.946. The van der Waals surface area contributed by atoms with Gasteiger partial charge in [-0.2, -0.15) is 0 Å². The van der Waals surface area contributed by atoms with Crippen LogP contribution in [0, 0.1) is 13.8 Å². The molecule has 42 heavy (non-hydrogen) atoms. The van der Waals surface area contributed by atoms with Crippen molar-refractivity contribution in [2.45, 2.75) is 33.4 Å². The van der Waals surface area contributed by atoms with E-state index in [1.54, 1.807) is 24.3 Å². The van der Waals surface area contributed by atoms with Crippen molar-refractivity contribution in [3.8, 4) is 22.6 Å². The SMILES string of the molecule is Cc1c(C)n(Cc2ccc(-c3ccccc3C(=O)O)cc2)c2ccc(C(=O)N[C@@H](C)c3c(Cl)ccc4c3OCO4)cc12. The number of nitrogens with zero attached hydrogens (tertiary/aromatic N) is 1. The van der Waals surface area contributed by atoms with Crippen molar-refractivity contribution in [2.24, 2.45) is 0 Å². The molecule has 1 aromatic heterocycles. The molecule has 0 saturated carbocycles. The van der Waals surface area contributed by atoms with Crippen LogP contribution in [0.3, 0.4) is 0 Å². The first-order chi connectivity index (χ1) is 20.2. The van der Waals surface area contributed by atoms with Crippen LogP contribution in [0.4, 0.5) is 0 Å². The van der Waals surface area contributed by atoms with E-state index in [2.05, 4.69) is 23.7 Å². The second-order valence-electron chi connectivity index (χ2n) is 10.5. The van der Waals surface area contributed by atoms with Crippen LogP contribution in [0.15, 0.2) is 78.9 Å². The Labute approximate surface area is 248 Å². The molecule has 1 atom stereocenters. The number of aromatic nitrogens is 1. The number of amides is 1. The number of rotatable bonds is 7. The summed E-state index contributed by atoms with van der Waals surface area (Å²) in [4.78, 5) is 25.0. The third kappa shape index (κ3) is 4.86.